The molecule has 37 heavy (non-hydrogen) atoms. The molecule has 1 unspecified atom stereocenters. The molecule has 0 saturated carbocycles. The van der Waals surface area contributed by atoms with Crippen LogP contribution in [0.15, 0.2) is 45.6 Å². The van der Waals surface area contributed by atoms with Gasteiger partial charge in [-0.1, -0.05) is 23.5 Å². The summed E-state index contributed by atoms with van der Waals surface area (Å²) in [5.74, 6) is -1.37. The van der Waals surface area contributed by atoms with Crippen LogP contribution in [-0.2, 0) is 4.74 Å². The van der Waals surface area contributed by atoms with Crippen molar-refractivity contribution >= 4 is 45.0 Å². The Balaban J connectivity index is 1.78. The van der Waals surface area contributed by atoms with Gasteiger partial charge in [0.05, 0.1) is 34.2 Å². The smallest absolute Gasteiger partial charge is 0.350 e. The number of nitrogens with zero attached hydrogens (tertiary/aromatic N) is 3. The minimum absolute atomic E-state index is 0.0618. The molecule has 188 valence electrons. The van der Waals surface area contributed by atoms with E-state index in [0.29, 0.717) is 16.6 Å². The molecule has 4 aromatic rings. The first kappa shape index (κ1) is 24.3. The van der Waals surface area contributed by atoms with Gasteiger partial charge in [0.25, 0.3) is 11.6 Å². The number of benzene rings is 2. The number of aromatic nitrogens is 1. The third kappa shape index (κ3) is 3.87. The van der Waals surface area contributed by atoms with Gasteiger partial charge in [0.2, 0.25) is 5.76 Å². The average molecular weight is 520 g/mol. The number of nitro groups is 1. The Morgan fingerprint density at radius 3 is 2.62 bits per heavy atom. The number of rotatable bonds is 5. The van der Waals surface area contributed by atoms with Crippen molar-refractivity contribution in [2.45, 2.75) is 33.7 Å². The van der Waals surface area contributed by atoms with Gasteiger partial charge in [0.15, 0.2) is 10.6 Å². The monoisotopic (exact) mass is 519 g/mol. The molecule has 11 heteroatoms. The number of aryl methyl sites for hydroxylation is 3. The molecule has 0 aliphatic carbocycles. The van der Waals surface area contributed by atoms with Crippen molar-refractivity contribution in [1.82, 2.24) is 4.98 Å². The minimum atomic E-state index is -1.05. The van der Waals surface area contributed by atoms with E-state index in [9.17, 15) is 24.5 Å². The first-order chi connectivity index (χ1) is 17.6. The molecule has 1 aliphatic rings. The van der Waals surface area contributed by atoms with Gasteiger partial charge in [-0.05, 0) is 56.5 Å². The molecule has 5 rings (SSSR count). The second-order valence-corrected chi connectivity index (χ2v) is 9.65. The lowest BCUT2D eigenvalue weighted by atomic mass is 9.97. The predicted octanol–water partition coefficient (Wildman–Crippen LogP) is 5.01. The molecule has 0 fully saturated rings. The SMILES string of the molecule is CCOC(=O)c1sc(N2C(=O)c3oc4cc(C)c(C)cc4c(=O)c3C2c2cccc([N+](=O)[O-])c2)nc1C. The van der Waals surface area contributed by atoms with E-state index in [4.69, 9.17) is 9.15 Å². The van der Waals surface area contributed by atoms with E-state index in [1.54, 1.807) is 32.0 Å². The maximum atomic E-state index is 13.8. The van der Waals surface area contributed by atoms with Crippen LogP contribution in [-0.4, -0.2) is 28.4 Å². The topological polar surface area (TPSA) is 133 Å². The summed E-state index contributed by atoms with van der Waals surface area (Å²) in [6.45, 7) is 7.20. The van der Waals surface area contributed by atoms with Gasteiger partial charge in [0, 0.05) is 12.1 Å². The molecule has 2 aromatic carbocycles. The zero-order valence-corrected chi connectivity index (χ0v) is 21.2. The highest BCUT2D eigenvalue weighted by molar-refractivity contribution is 7.17. The number of thiazole rings is 1. The molecule has 0 bridgehead atoms. The van der Waals surface area contributed by atoms with E-state index in [2.05, 4.69) is 4.98 Å². The van der Waals surface area contributed by atoms with Gasteiger partial charge >= 0.3 is 5.97 Å². The third-order valence-corrected chi connectivity index (χ3v) is 7.47. The molecule has 0 saturated heterocycles. The van der Waals surface area contributed by atoms with E-state index in [1.807, 2.05) is 13.8 Å². The summed E-state index contributed by atoms with van der Waals surface area (Å²) >= 11 is 0.945. The van der Waals surface area contributed by atoms with Crippen molar-refractivity contribution in [3.63, 3.8) is 0 Å². The van der Waals surface area contributed by atoms with Crippen LogP contribution < -0.4 is 10.3 Å². The van der Waals surface area contributed by atoms with E-state index < -0.39 is 28.3 Å². The first-order valence-corrected chi connectivity index (χ1v) is 12.2. The number of fused-ring (bicyclic) bond motifs is 2. The summed E-state index contributed by atoms with van der Waals surface area (Å²) < 4.78 is 11.1. The van der Waals surface area contributed by atoms with Gasteiger partial charge < -0.3 is 9.15 Å². The van der Waals surface area contributed by atoms with Crippen LogP contribution in [0.5, 0.6) is 0 Å². The number of carbonyl (C=O) groups excluding carboxylic acids is 2. The average Bonchev–Trinajstić information content (AvgIpc) is 3.38. The maximum Gasteiger partial charge on any atom is 0.350 e. The molecule has 3 heterocycles. The normalized spacial score (nSPS) is 14.8. The van der Waals surface area contributed by atoms with Crippen molar-refractivity contribution in [3.8, 4) is 0 Å². The molecule has 0 radical (unpaired) electrons. The summed E-state index contributed by atoms with van der Waals surface area (Å²) in [7, 11) is 0. The second-order valence-electron chi connectivity index (χ2n) is 8.67. The third-order valence-electron chi connectivity index (χ3n) is 6.34. The molecule has 2 aromatic heterocycles. The minimum Gasteiger partial charge on any atom is -0.462 e. The Morgan fingerprint density at radius 2 is 1.92 bits per heavy atom. The van der Waals surface area contributed by atoms with Gasteiger partial charge in [-0.25, -0.2) is 9.78 Å². The summed E-state index contributed by atoms with van der Waals surface area (Å²) in [6, 6.07) is 8.09. The Labute approximate surface area is 214 Å². The maximum absolute atomic E-state index is 13.8. The number of amides is 1. The fourth-order valence-corrected chi connectivity index (χ4v) is 5.41. The van der Waals surface area contributed by atoms with Crippen molar-refractivity contribution in [2.24, 2.45) is 0 Å². The molecule has 1 aliphatic heterocycles. The number of carbonyl (C=O) groups is 2. The second kappa shape index (κ2) is 8.93. The summed E-state index contributed by atoms with van der Waals surface area (Å²) in [5.41, 5.74) is 2.18. The van der Waals surface area contributed by atoms with Crippen molar-refractivity contribution < 1.29 is 23.7 Å². The van der Waals surface area contributed by atoms with Crippen LogP contribution >= 0.6 is 11.3 Å². The Kier molecular flexibility index (Phi) is 5.87. The molecule has 10 nitrogen and oxygen atoms in total. The van der Waals surface area contributed by atoms with E-state index in [-0.39, 0.29) is 39.2 Å². The van der Waals surface area contributed by atoms with Crippen molar-refractivity contribution in [1.29, 1.82) is 0 Å². The molecular weight excluding hydrogens is 498 g/mol. The highest BCUT2D eigenvalue weighted by atomic mass is 32.1. The van der Waals surface area contributed by atoms with Crippen LogP contribution in [0.1, 0.15) is 61.1 Å². The predicted molar refractivity (Wildman–Crippen MR) is 137 cm³/mol. The van der Waals surface area contributed by atoms with Crippen LogP contribution in [0.4, 0.5) is 10.8 Å². The zero-order chi connectivity index (χ0) is 26.6. The van der Waals surface area contributed by atoms with Crippen molar-refractivity contribution in [2.75, 3.05) is 11.5 Å². The van der Waals surface area contributed by atoms with Crippen LogP contribution in [0, 0.1) is 30.9 Å². The molecule has 1 atom stereocenters. The summed E-state index contributed by atoms with van der Waals surface area (Å²) in [6.07, 6.45) is 0. The number of hydrogen-bond acceptors (Lipinski definition) is 9. The summed E-state index contributed by atoms with van der Waals surface area (Å²) in [4.78, 5) is 56.9. The lowest BCUT2D eigenvalue weighted by Crippen LogP contribution is -2.29. The Hall–Kier alpha value is -4.38. The Morgan fingerprint density at radius 1 is 1.19 bits per heavy atom. The number of non-ortho nitro benzene ring substituents is 1. The van der Waals surface area contributed by atoms with Gasteiger partial charge in [-0.15, -0.1) is 0 Å². The van der Waals surface area contributed by atoms with Crippen LogP contribution in [0.2, 0.25) is 0 Å². The fourth-order valence-electron chi connectivity index (χ4n) is 4.42. The number of nitro benzene ring substituents is 1. The lowest BCUT2D eigenvalue weighted by molar-refractivity contribution is -0.384. The van der Waals surface area contributed by atoms with Gasteiger partial charge in [-0.3, -0.25) is 24.6 Å². The van der Waals surface area contributed by atoms with E-state index in [0.717, 1.165) is 22.5 Å². The van der Waals surface area contributed by atoms with Gasteiger partial charge in [-0.2, -0.15) is 0 Å². The largest absolute Gasteiger partial charge is 0.462 e. The molecule has 0 N–H and O–H groups in total. The Bertz CT molecular complexity index is 1690. The zero-order valence-electron chi connectivity index (χ0n) is 20.4. The van der Waals surface area contributed by atoms with E-state index >= 15 is 0 Å². The lowest BCUT2D eigenvalue weighted by Gasteiger charge is -2.22. The molecule has 0 spiro atoms. The molecule has 1 amide bonds. The van der Waals surface area contributed by atoms with Gasteiger partial charge in [0.1, 0.15) is 10.5 Å². The summed E-state index contributed by atoms with van der Waals surface area (Å²) in [5, 5.41) is 12.0. The standard InChI is InChI=1S/C26H21N3O7S/c1-5-35-25(32)23-14(4)27-26(37-23)28-20(15-7-6-8-16(11-15)29(33)34)19-21(30)17-9-12(2)13(3)10-18(17)36-22(19)24(28)31/h6-11,20H,5H2,1-4H3. The van der Waals surface area contributed by atoms with Crippen LogP contribution in [0.3, 0.4) is 0 Å². The number of hydrogen-bond donors (Lipinski definition) is 0. The first-order valence-electron chi connectivity index (χ1n) is 11.4. The highest BCUT2D eigenvalue weighted by Gasteiger charge is 2.45. The highest BCUT2D eigenvalue weighted by Crippen LogP contribution is 2.43. The number of anilines is 1. The number of ether oxygens (including phenoxy) is 1. The molecular formula is C26H21N3O7S. The van der Waals surface area contributed by atoms with Crippen molar-refractivity contribution in [3.05, 3.63) is 95.3 Å². The number of esters is 1. The van der Waals surface area contributed by atoms with Crippen LogP contribution in [0.25, 0.3) is 11.0 Å². The fraction of sp³-hybridized carbons (Fsp3) is 0.231. The van der Waals surface area contributed by atoms with E-state index in [1.165, 1.54) is 23.1 Å². The quantitative estimate of drug-likeness (QED) is 0.204.